The molecule has 1 atom stereocenters. The third-order valence-electron chi connectivity index (χ3n) is 6.01. The van der Waals surface area contributed by atoms with Gasteiger partial charge in [-0.3, -0.25) is 5.43 Å². The molecule has 2 heterocycles. The van der Waals surface area contributed by atoms with Gasteiger partial charge in [-0.1, -0.05) is 60.7 Å². The Kier molecular flexibility index (Phi) is 6.11. The van der Waals surface area contributed by atoms with E-state index in [4.69, 9.17) is 4.74 Å². The number of hydrogen-bond donors (Lipinski definition) is 2. The molecule has 2 N–H and O–H groups in total. The van der Waals surface area contributed by atoms with Crippen molar-refractivity contribution in [2.24, 2.45) is 0 Å². The molecular weight excluding hydrogens is 404 g/mol. The maximum Gasteiger partial charge on any atom is 0.422 e. The molecule has 2 aliphatic rings. The van der Waals surface area contributed by atoms with Crippen LogP contribution in [0, 0.1) is 0 Å². The summed E-state index contributed by atoms with van der Waals surface area (Å²) < 4.78 is 5.39. The Balaban J connectivity index is 1.53. The molecule has 0 aromatic heterocycles. The van der Waals surface area contributed by atoms with E-state index in [0.29, 0.717) is 13.1 Å². The summed E-state index contributed by atoms with van der Waals surface area (Å²) in [5.74, 6) is 0. The molecule has 0 radical (unpaired) electrons. The highest BCUT2D eigenvalue weighted by Crippen LogP contribution is 2.36. The molecule has 0 unspecified atom stereocenters. The zero-order valence-corrected chi connectivity index (χ0v) is 19.0. The van der Waals surface area contributed by atoms with E-state index >= 15 is 0 Å². The van der Waals surface area contributed by atoms with Crippen molar-refractivity contribution < 1.29 is 14.3 Å². The first-order chi connectivity index (χ1) is 15.3. The van der Waals surface area contributed by atoms with Gasteiger partial charge in [0.15, 0.2) is 0 Å². The summed E-state index contributed by atoms with van der Waals surface area (Å²) in [5, 5.41) is 5.15. The van der Waals surface area contributed by atoms with E-state index in [-0.39, 0.29) is 12.1 Å². The fourth-order valence-electron chi connectivity index (χ4n) is 4.60. The minimum Gasteiger partial charge on any atom is -0.443 e. The lowest BCUT2D eigenvalue weighted by atomic mass is 9.83. The van der Waals surface area contributed by atoms with E-state index in [2.05, 4.69) is 35.0 Å². The highest BCUT2D eigenvalue weighted by atomic mass is 16.6. The molecule has 2 aliphatic heterocycles. The summed E-state index contributed by atoms with van der Waals surface area (Å²) in [4.78, 5) is 27.4. The van der Waals surface area contributed by atoms with Crippen LogP contribution in [0.15, 0.2) is 60.7 Å². The van der Waals surface area contributed by atoms with Crippen LogP contribution in [0.3, 0.4) is 0 Å². The molecule has 0 saturated carbocycles. The van der Waals surface area contributed by atoms with Gasteiger partial charge in [0.25, 0.3) is 0 Å². The molecule has 2 aromatic rings. The Morgan fingerprint density at radius 2 is 1.66 bits per heavy atom. The van der Waals surface area contributed by atoms with Gasteiger partial charge in [-0.15, -0.1) is 0 Å². The zero-order valence-electron chi connectivity index (χ0n) is 19.0. The summed E-state index contributed by atoms with van der Waals surface area (Å²) in [6.07, 6.45) is 1.31. The van der Waals surface area contributed by atoms with Crippen molar-refractivity contribution in [3.05, 3.63) is 71.8 Å². The molecule has 0 aliphatic carbocycles. The smallest absolute Gasteiger partial charge is 0.422 e. The summed E-state index contributed by atoms with van der Waals surface area (Å²) in [6.45, 7) is 7.34. The number of ether oxygens (including phenoxy) is 1. The van der Waals surface area contributed by atoms with Crippen molar-refractivity contribution in [2.45, 2.75) is 50.8 Å². The molecule has 0 spiro atoms. The normalized spacial score (nSPS) is 21.2. The highest BCUT2D eigenvalue weighted by Gasteiger charge is 2.47. The topological polar surface area (TPSA) is 73.9 Å². The first-order valence-electron chi connectivity index (χ1n) is 11.2. The number of rotatable bonds is 4. The molecule has 2 aromatic carbocycles. The molecule has 170 valence electrons. The van der Waals surface area contributed by atoms with Gasteiger partial charge in [0.2, 0.25) is 0 Å². The van der Waals surface area contributed by atoms with E-state index in [0.717, 1.165) is 30.5 Å². The number of hydrogen-bond acceptors (Lipinski definition) is 4. The van der Waals surface area contributed by atoms with E-state index in [1.165, 1.54) is 0 Å². The second-order valence-electron chi connectivity index (χ2n) is 9.55. The number of hydrazine groups is 1. The van der Waals surface area contributed by atoms with Gasteiger partial charge in [0.05, 0.1) is 6.54 Å². The number of urea groups is 1. The molecule has 2 saturated heterocycles. The Hall–Kier alpha value is -3.06. The van der Waals surface area contributed by atoms with Crippen molar-refractivity contribution in [3.8, 4) is 0 Å². The standard InChI is InChI=1S/C25H32N4O3/c1-24(2,3)32-23(31)27-28-16-10-15-21(17-28)29-18-25(26-22(29)30,19-11-6-4-7-12-19)20-13-8-5-9-14-20/h4-9,11-14,21H,10,15-18H2,1-3H3,(H,26,30)(H,27,31)/t21-/m0/s1. The lowest BCUT2D eigenvalue weighted by molar-refractivity contribution is 0.0220. The lowest BCUT2D eigenvalue weighted by Gasteiger charge is -2.38. The van der Waals surface area contributed by atoms with Crippen LogP contribution in [0.4, 0.5) is 9.59 Å². The highest BCUT2D eigenvalue weighted by molar-refractivity contribution is 5.80. The van der Waals surface area contributed by atoms with E-state index in [1.807, 2.05) is 67.1 Å². The van der Waals surface area contributed by atoms with Crippen LogP contribution in [0.25, 0.3) is 0 Å². The van der Waals surface area contributed by atoms with Gasteiger partial charge in [-0.2, -0.15) is 0 Å². The van der Waals surface area contributed by atoms with Crippen molar-refractivity contribution in [1.82, 2.24) is 20.7 Å². The largest absolute Gasteiger partial charge is 0.443 e. The number of amides is 3. The van der Waals surface area contributed by atoms with Gasteiger partial charge in [0, 0.05) is 19.1 Å². The van der Waals surface area contributed by atoms with Crippen LogP contribution < -0.4 is 10.7 Å². The van der Waals surface area contributed by atoms with Crippen molar-refractivity contribution in [1.29, 1.82) is 0 Å². The number of carbonyl (C=O) groups excluding carboxylic acids is 2. The monoisotopic (exact) mass is 436 g/mol. The maximum atomic E-state index is 13.2. The molecule has 32 heavy (non-hydrogen) atoms. The number of nitrogens with one attached hydrogen (secondary N) is 2. The van der Waals surface area contributed by atoms with Crippen LogP contribution in [-0.4, -0.2) is 53.3 Å². The Morgan fingerprint density at radius 1 is 1.06 bits per heavy atom. The van der Waals surface area contributed by atoms with Gasteiger partial charge in [-0.05, 0) is 44.7 Å². The van der Waals surface area contributed by atoms with Crippen molar-refractivity contribution in [3.63, 3.8) is 0 Å². The average molecular weight is 437 g/mol. The molecule has 3 amide bonds. The third kappa shape index (κ3) is 4.72. The minimum atomic E-state index is -0.611. The zero-order chi connectivity index (χ0) is 22.8. The van der Waals surface area contributed by atoms with E-state index in [9.17, 15) is 9.59 Å². The van der Waals surface area contributed by atoms with Gasteiger partial charge in [0.1, 0.15) is 11.1 Å². The van der Waals surface area contributed by atoms with Gasteiger partial charge in [-0.25, -0.2) is 14.6 Å². The lowest BCUT2D eigenvalue weighted by Crippen LogP contribution is -2.55. The minimum absolute atomic E-state index is 0.00649. The van der Waals surface area contributed by atoms with E-state index in [1.54, 1.807) is 0 Å². The number of nitrogens with zero attached hydrogens (tertiary/aromatic N) is 2. The average Bonchev–Trinajstić information content (AvgIpc) is 3.12. The molecule has 7 heteroatoms. The summed E-state index contributed by atoms with van der Waals surface area (Å²) >= 11 is 0. The number of carbonyl (C=O) groups is 2. The van der Waals surface area contributed by atoms with E-state index < -0.39 is 17.2 Å². The van der Waals surface area contributed by atoms with Crippen molar-refractivity contribution >= 4 is 12.1 Å². The predicted molar refractivity (Wildman–Crippen MR) is 123 cm³/mol. The molecule has 4 rings (SSSR count). The number of benzene rings is 2. The second kappa shape index (κ2) is 8.82. The molecule has 7 nitrogen and oxygen atoms in total. The van der Waals surface area contributed by atoms with Crippen LogP contribution >= 0.6 is 0 Å². The summed E-state index contributed by atoms with van der Waals surface area (Å²) in [5.41, 5.74) is 3.79. The summed E-state index contributed by atoms with van der Waals surface area (Å²) in [6, 6.07) is 20.1. The third-order valence-corrected chi connectivity index (χ3v) is 6.01. The second-order valence-corrected chi connectivity index (χ2v) is 9.55. The van der Waals surface area contributed by atoms with Crippen LogP contribution in [-0.2, 0) is 10.3 Å². The predicted octanol–water partition coefficient (Wildman–Crippen LogP) is 3.86. The maximum absolute atomic E-state index is 13.2. The first kappa shape index (κ1) is 22.1. The Bertz CT molecular complexity index is 903. The van der Waals surface area contributed by atoms with Gasteiger partial charge >= 0.3 is 12.1 Å². The summed E-state index contributed by atoms with van der Waals surface area (Å²) in [7, 11) is 0. The molecular formula is C25H32N4O3. The molecule has 2 fully saturated rings. The van der Waals surface area contributed by atoms with Crippen LogP contribution in [0.2, 0.25) is 0 Å². The fourth-order valence-corrected chi connectivity index (χ4v) is 4.60. The SMILES string of the molecule is CC(C)(C)OC(=O)NN1CCC[C@H](N2CC(c3ccccc3)(c3ccccc3)NC2=O)C1. The fraction of sp³-hybridized carbons (Fsp3) is 0.440. The quantitative estimate of drug-likeness (QED) is 0.763. The Morgan fingerprint density at radius 3 is 2.22 bits per heavy atom. The van der Waals surface area contributed by atoms with Gasteiger partial charge < -0.3 is 15.0 Å². The van der Waals surface area contributed by atoms with Crippen molar-refractivity contribution in [2.75, 3.05) is 19.6 Å². The Labute approximate surface area is 189 Å². The molecule has 0 bridgehead atoms. The number of piperidine rings is 1. The van der Waals surface area contributed by atoms with Crippen LogP contribution in [0.5, 0.6) is 0 Å². The van der Waals surface area contributed by atoms with Crippen LogP contribution in [0.1, 0.15) is 44.7 Å². The first-order valence-corrected chi connectivity index (χ1v) is 11.2.